The van der Waals surface area contributed by atoms with Gasteiger partial charge < -0.3 is 9.30 Å². The molecule has 0 radical (unpaired) electrons. The molecule has 9 heteroatoms. The fraction of sp³-hybridized carbons (Fsp3) is 0.200. The Kier molecular flexibility index (Phi) is 6.29. The molecule has 39 heavy (non-hydrogen) atoms. The number of alkyl halides is 3. The highest BCUT2D eigenvalue weighted by Crippen LogP contribution is 2.40. The van der Waals surface area contributed by atoms with Crippen molar-refractivity contribution in [2.75, 3.05) is 6.61 Å². The van der Waals surface area contributed by atoms with Gasteiger partial charge in [0.25, 0.3) is 0 Å². The summed E-state index contributed by atoms with van der Waals surface area (Å²) in [6.07, 6.45) is 1.10. The second kappa shape index (κ2) is 9.80. The lowest BCUT2D eigenvalue weighted by molar-refractivity contribution is -0.137. The highest BCUT2D eigenvalue weighted by Gasteiger charge is 2.34. The zero-order valence-electron chi connectivity index (χ0n) is 20.6. The fourth-order valence-electron chi connectivity index (χ4n) is 4.45. The average molecular weight is 536 g/mol. The van der Waals surface area contributed by atoms with E-state index in [1.165, 1.54) is 18.2 Å². The number of nitrogens with zero attached hydrogens (tertiary/aromatic N) is 3. The molecule has 0 unspecified atom stereocenters. The third-order valence-electron chi connectivity index (χ3n) is 6.73. The quantitative estimate of drug-likeness (QED) is 0.199. The Morgan fingerprint density at radius 2 is 1.64 bits per heavy atom. The number of hydrogen-bond donors (Lipinski definition) is 0. The van der Waals surface area contributed by atoms with Gasteiger partial charge in [0, 0.05) is 18.9 Å². The van der Waals surface area contributed by atoms with Crippen LogP contribution >= 0.6 is 0 Å². The molecule has 0 amide bonds. The molecule has 4 nitrogen and oxygen atoms in total. The van der Waals surface area contributed by atoms with Gasteiger partial charge in [0.1, 0.15) is 11.4 Å². The van der Waals surface area contributed by atoms with Crippen molar-refractivity contribution >= 4 is 0 Å². The summed E-state index contributed by atoms with van der Waals surface area (Å²) in [5.74, 6) is -1.22. The lowest BCUT2D eigenvalue weighted by atomic mass is 9.98. The van der Waals surface area contributed by atoms with E-state index >= 15 is 0 Å². The van der Waals surface area contributed by atoms with E-state index in [0.29, 0.717) is 36.0 Å². The lowest BCUT2D eigenvalue weighted by Gasteiger charge is -2.16. The maximum absolute atomic E-state index is 14.2. The molecule has 0 saturated heterocycles. The van der Waals surface area contributed by atoms with Crippen LogP contribution in [0.5, 0.6) is 5.75 Å². The van der Waals surface area contributed by atoms with E-state index in [0.717, 1.165) is 30.5 Å². The number of aromatic nitrogens is 3. The van der Waals surface area contributed by atoms with Crippen LogP contribution in [-0.2, 0) is 12.7 Å². The van der Waals surface area contributed by atoms with Crippen LogP contribution < -0.4 is 4.74 Å². The van der Waals surface area contributed by atoms with Gasteiger partial charge in [-0.05, 0) is 65.8 Å². The van der Waals surface area contributed by atoms with Crippen molar-refractivity contribution in [3.05, 3.63) is 102 Å². The van der Waals surface area contributed by atoms with Crippen LogP contribution in [0.1, 0.15) is 24.0 Å². The second-order valence-corrected chi connectivity index (χ2v) is 9.69. The van der Waals surface area contributed by atoms with Crippen LogP contribution in [0.3, 0.4) is 0 Å². The number of ether oxygens (including phenoxy) is 1. The van der Waals surface area contributed by atoms with Crippen molar-refractivity contribution in [2.45, 2.75) is 25.6 Å². The molecule has 0 bridgehead atoms. The summed E-state index contributed by atoms with van der Waals surface area (Å²) in [5, 5.41) is 0. The Morgan fingerprint density at radius 3 is 2.38 bits per heavy atom. The summed E-state index contributed by atoms with van der Waals surface area (Å²) >= 11 is 0. The third kappa shape index (κ3) is 5.34. The van der Waals surface area contributed by atoms with Crippen molar-refractivity contribution in [2.24, 2.45) is 5.92 Å². The van der Waals surface area contributed by atoms with Gasteiger partial charge in [0.05, 0.1) is 23.4 Å². The minimum absolute atomic E-state index is 0.0194. The first kappa shape index (κ1) is 25.0. The summed E-state index contributed by atoms with van der Waals surface area (Å²) in [6, 6.07) is 16.5. The Labute approximate surface area is 221 Å². The highest BCUT2D eigenvalue weighted by atomic mass is 19.4. The summed E-state index contributed by atoms with van der Waals surface area (Å²) < 4.78 is 76.8. The Balaban J connectivity index is 1.22. The number of fused-ring (bicyclic) bond motifs is 1. The summed E-state index contributed by atoms with van der Waals surface area (Å²) in [7, 11) is 0. The Morgan fingerprint density at radius 1 is 0.872 bits per heavy atom. The molecule has 0 atom stereocenters. The number of imidazole rings is 1. The largest absolute Gasteiger partial charge is 0.493 e. The van der Waals surface area contributed by atoms with Crippen LogP contribution in [0.25, 0.3) is 33.9 Å². The highest BCUT2D eigenvalue weighted by molar-refractivity contribution is 5.70. The van der Waals surface area contributed by atoms with E-state index in [2.05, 4.69) is 9.97 Å². The minimum atomic E-state index is -4.52. The minimum Gasteiger partial charge on any atom is -0.493 e. The van der Waals surface area contributed by atoms with Gasteiger partial charge in [-0.3, -0.25) is 0 Å². The number of halogens is 5. The number of pyridine rings is 1. The maximum atomic E-state index is 14.2. The molecule has 0 aromatic heterocycles. The summed E-state index contributed by atoms with van der Waals surface area (Å²) in [5.41, 5.74) is 1.68. The third-order valence-corrected chi connectivity index (χ3v) is 6.73. The van der Waals surface area contributed by atoms with Crippen LogP contribution in [0.4, 0.5) is 22.0 Å². The SMILES string of the molecule is Fc1cccc(-c2nc3ccn(Cc4ccc(-c5ccc(OCC6CC6)cc5C(F)(F)F)cc4)cc-3n2)c1F. The first-order valence-corrected chi connectivity index (χ1v) is 12.5. The van der Waals surface area contributed by atoms with E-state index in [1.54, 1.807) is 48.8 Å². The topological polar surface area (TPSA) is 39.9 Å². The standard InChI is InChI=1S/C30H22F5N3O/c31-25-3-1-2-23(28(25)32)29-36-26-12-13-38(16-27(26)37-29)15-18-6-8-20(9-7-18)22-11-10-21(39-17-19-4-5-19)14-24(22)30(33,34)35/h1-3,6-14,16,19H,4-5,15,17H2. The first-order valence-electron chi connectivity index (χ1n) is 12.5. The number of rotatable bonds is 7. The van der Waals surface area contributed by atoms with E-state index in [9.17, 15) is 22.0 Å². The molecule has 2 heterocycles. The van der Waals surface area contributed by atoms with Crippen molar-refractivity contribution in [1.29, 1.82) is 0 Å². The predicted molar refractivity (Wildman–Crippen MR) is 136 cm³/mol. The molecule has 0 spiro atoms. The molecule has 3 aromatic rings. The van der Waals surface area contributed by atoms with E-state index in [-0.39, 0.29) is 22.7 Å². The van der Waals surface area contributed by atoms with Crippen molar-refractivity contribution in [3.8, 4) is 39.7 Å². The molecule has 3 aromatic carbocycles. The molecule has 1 aliphatic carbocycles. The van der Waals surface area contributed by atoms with Gasteiger partial charge in [-0.15, -0.1) is 0 Å². The molecule has 6 rings (SSSR count). The van der Waals surface area contributed by atoms with Crippen molar-refractivity contribution < 1.29 is 26.7 Å². The number of hydrogen-bond acceptors (Lipinski definition) is 3. The zero-order valence-corrected chi connectivity index (χ0v) is 20.6. The first-order chi connectivity index (χ1) is 18.7. The molecule has 2 aliphatic heterocycles. The zero-order chi connectivity index (χ0) is 27.1. The molecular weight excluding hydrogens is 513 g/mol. The Hall–Kier alpha value is -4.27. The fourth-order valence-corrected chi connectivity index (χ4v) is 4.45. The second-order valence-electron chi connectivity index (χ2n) is 9.69. The maximum Gasteiger partial charge on any atom is 0.417 e. The van der Waals surface area contributed by atoms with Crippen LogP contribution in [-0.4, -0.2) is 21.1 Å². The molecular formula is C30H22F5N3O. The van der Waals surface area contributed by atoms with Gasteiger partial charge in [-0.1, -0.05) is 36.4 Å². The van der Waals surface area contributed by atoms with Gasteiger partial charge in [-0.25, -0.2) is 18.7 Å². The average Bonchev–Trinajstić information content (AvgIpc) is 3.66. The monoisotopic (exact) mass is 535 g/mol. The van der Waals surface area contributed by atoms with Crippen LogP contribution in [0, 0.1) is 17.6 Å². The van der Waals surface area contributed by atoms with E-state index in [1.807, 2.05) is 4.57 Å². The van der Waals surface area contributed by atoms with Gasteiger partial charge in [0.2, 0.25) is 0 Å². The van der Waals surface area contributed by atoms with Crippen molar-refractivity contribution in [3.63, 3.8) is 0 Å². The molecule has 1 fully saturated rings. The van der Waals surface area contributed by atoms with Crippen LogP contribution in [0.2, 0.25) is 0 Å². The molecule has 198 valence electrons. The normalized spacial score (nSPS) is 13.7. The summed E-state index contributed by atoms with van der Waals surface area (Å²) in [4.78, 5) is 8.66. The number of benzene rings is 3. The smallest absolute Gasteiger partial charge is 0.417 e. The predicted octanol–water partition coefficient (Wildman–Crippen LogP) is 7.85. The van der Waals surface area contributed by atoms with E-state index < -0.39 is 23.4 Å². The van der Waals surface area contributed by atoms with Gasteiger partial charge >= 0.3 is 6.18 Å². The summed E-state index contributed by atoms with van der Waals surface area (Å²) in [6.45, 7) is 0.862. The van der Waals surface area contributed by atoms with Crippen molar-refractivity contribution in [1.82, 2.24) is 14.5 Å². The van der Waals surface area contributed by atoms with Gasteiger partial charge in [0.15, 0.2) is 17.5 Å². The van der Waals surface area contributed by atoms with E-state index in [4.69, 9.17) is 4.74 Å². The molecule has 1 saturated carbocycles. The molecule has 3 aliphatic rings. The molecule has 0 N–H and O–H groups in total. The van der Waals surface area contributed by atoms with Gasteiger partial charge in [-0.2, -0.15) is 13.2 Å². The van der Waals surface area contributed by atoms with Crippen LogP contribution in [0.15, 0.2) is 79.1 Å². The Bertz CT molecular complexity index is 1610. The lowest BCUT2D eigenvalue weighted by Crippen LogP contribution is -2.08.